The van der Waals surface area contributed by atoms with Gasteiger partial charge in [0.2, 0.25) is 5.91 Å². The van der Waals surface area contributed by atoms with Crippen LogP contribution >= 0.6 is 0 Å². The number of likely N-dealkylation sites (tertiary alicyclic amines) is 1. The van der Waals surface area contributed by atoms with Crippen LogP contribution in [-0.4, -0.2) is 37.7 Å². The number of hydrogen-bond donors (Lipinski definition) is 1. The number of amides is 1. The molecule has 0 radical (unpaired) electrons. The summed E-state index contributed by atoms with van der Waals surface area (Å²) in [7, 11) is 1.91. The molecule has 2 atom stereocenters. The summed E-state index contributed by atoms with van der Waals surface area (Å²) in [5.41, 5.74) is 2.23. The zero-order valence-electron chi connectivity index (χ0n) is 13.4. The number of nitrogens with one attached hydrogen (secondary N) is 1. The lowest BCUT2D eigenvalue weighted by Crippen LogP contribution is -2.35. The van der Waals surface area contributed by atoms with Gasteiger partial charge in [0, 0.05) is 25.7 Å². The van der Waals surface area contributed by atoms with Crippen molar-refractivity contribution in [1.82, 2.24) is 19.7 Å². The third kappa shape index (κ3) is 2.50. The van der Waals surface area contributed by atoms with Crippen molar-refractivity contribution in [2.75, 3.05) is 5.32 Å². The molecule has 0 unspecified atom stereocenters. The van der Waals surface area contributed by atoms with Crippen molar-refractivity contribution < 1.29 is 4.79 Å². The van der Waals surface area contributed by atoms with Gasteiger partial charge in [0.25, 0.3) is 0 Å². The standard InChI is InChI=1S/C17H18N6O/c1-22-15(6-7-20-22)17-14(8-16(24)23(17)13-4-5-13)21-12-3-2-11(9-18)19-10-12/h2-3,6-7,10,13-14,17,21H,4-5,8H2,1H3/t14-,17-/m1/s1. The van der Waals surface area contributed by atoms with Crippen molar-refractivity contribution in [2.45, 2.75) is 37.4 Å². The summed E-state index contributed by atoms with van der Waals surface area (Å²) >= 11 is 0. The molecule has 1 N–H and O–H groups in total. The highest BCUT2D eigenvalue weighted by atomic mass is 16.2. The van der Waals surface area contributed by atoms with Crippen molar-refractivity contribution in [3.05, 3.63) is 42.0 Å². The Bertz CT molecular complexity index is 801. The normalized spacial score (nSPS) is 23.3. The van der Waals surface area contributed by atoms with Crippen molar-refractivity contribution in [2.24, 2.45) is 7.05 Å². The van der Waals surface area contributed by atoms with Crippen LogP contribution < -0.4 is 5.32 Å². The van der Waals surface area contributed by atoms with Gasteiger partial charge in [0.15, 0.2) is 0 Å². The van der Waals surface area contributed by atoms with E-state index in [0.717, 1.165) is 24.2 Å². The number of carbonyl (C=O) groups is 1. The van der Waals surface area contributed by atoms with Crippen LogP contribution in [0.5, 0.6) is 0 Å². The van der Waals surface area contributed by atoms with Crippen LogP contribution in [0.25, 0.3) is 0 Å². The average molecular weight is 322 g/mol. The molecule has 1 saturated carbocycles. The number of hydrogen-bond acceptors (Lipinski definition) is 5. The maximum absolute atomic E-state index is 12.6. The third-order valence-electron chi connectivity index (χ3n) is 4.70. The Hall–Kier alpha value is -2.88. The lowest BCUT2D eigenvalue weighted by Gasteiger charge is -2.29. The van der Waals surface area contributed by atoms with E-state index in [4.69, 9.17) is 5.26 Å². The minimum atomic E-state index is -0.0387. The van der Waals surface area contributed by atoms with Crippen LogP contribution in [0, 0.1) is 11.3 Å². The van der Waals surface area contributed by atoms with Crippen molar-refractivity contribution >= 4 is 11.6 Å². The minimum Gasteiger partial charge on any atom is -0.378 e. The number of nitriles is 1. The summed E-state index contributed by atoms with van der Waals surface area (Å²) in [6.45, 7) is 0. The zero-order chi connectivity index (χ0) is 16.7. The number of rotatable bonds is 4. The molecule has 3 heterocycles. The Morgan fingerprint density at radius 1 is 1.33 bits per heavy atom. The predicted molar refractivity (Wildman–Crippen MR) is 86.8 cm³/mol. The molecule has 0 spiro atoms. The topological polar surface area (TPSA) is 86.8 Å². The highest BCUT2D eigenvalue weighted by molar-refractivity contribution is 5.81. The van der Waals surface area contributed by atoms with Gasteiger partial charge < -0.3 is 10.2 Å². The maximum atomic E-state index is 12.6. The second kappa shape index (κ2) is 5.64. The molecule has 1 saturated heterocycles. The molecule has 7 nitrogen and oxygen atoms in total. The molecular formula is C17H18N6O. The fourth-order valence-electron chi connectivity index (χ4n) is 3.45. The van der Waals surface area contributed by atoms with E-state index >= 15 is 0 Å². The molecule has 2 aromatic rings. The Labute approximate surface area is 139 Å². The fraction of sp³-hybridized carbons (Fsp3) is 0.412. The molecule has 0 bridgehead atoms. The first-order valence-electron chi connectivity index (χ1n) is 8.09. The number of nitrogens with zero attached hydrogens (tertiary/aromatic N) is 5. The van der Waals surface area contributed by atoms with Crippen LogP contribution in [0.3, 0.4) is 0 Å². The molecule has 2 aliphatic rings. The van der Waals surface area contributed by atoms with Crippen LogP contribution in [0.1, 0.15) is 36.7 Å². The molecule has 2 fully saturated rings. The van der Waals surface area contributed by atoms with Crippen LogP contribution in [0.15, 0.2) is 30.6 Å². The van der Waals surface area contributed by atoms with E-state index in [0.29, 0.717) is 18.2 Å². The molecular weight excluding hydrogens is 304 g/mol. The fourth-order valence-corrected chi connectivity index (χ4v) is 3.45. The SMILES string of the molecule is Cn1nccc1[C@H]1[C@H](Nc2ccc(C#N)nc2)CC(=O)N1C1CC1. The van der Waals surface area contributed by atoms with Gasteiger partial charge in [-0.25, -0.2) is 4.98 Å². The number of aromatic nitrogens is 3. The van der Waals surface area contributed by atoms with Crippen LogP contribution in [0.4, 0.5) is 5.69 Å². The van der Waals surface area contributed by atoms with E-state index in [2.05, 4.69) is 15.4 Å². The molecule has 7 heteroatoms. The zero-order valence-corrected chi connectivity index (χ0v) is 13.4. The van der Waals surface area contributed by atoms with Gasteiger partial charge in [-0.05, 0) is 31.0 Å². The quantitative estimate of drug-likeness (QED) is 0.924. The Kier molecular flexibility index (Phi) is 3.45. The van der Waals surface area contributed by atoms with Gasteiger partial charge in [-0.15, -0.1) is 0 Å². The molecule has 1 amide bonds. The lowest BCUT2D eigenvalue weighted by molar-refractivity contribution is -0.129. The molecule has 122 valence electrons. The monoisotopic (exact) mass is 322 g/mol. The highest BCUT2D eigenvalue weighted by Crippen LogP contribution is 2.42. The lowest BCUT2D eigenvalue weighted by atomic mass is 10.0. The maximum Gasteiger partial charge on any atom is 0.225 e. The number of anilines is 1. The van der Waals surface area contributed by atoms with Gasteiger partial charge in [-0.2, -0.15) is 10.4 Å². The second-order valence-corrected chi connectivity index (χ2v) is 6.36. The third-order valence-corrected chi connectivity index (χ3v) is 4.70. The van der Waals surface area contributed by atoms with Crippen molar-refractivity contribution in [3.63, 3.8) is 0 Å². The summed E-state index contributed by atoms with van der Waals surface area (Å²) < 4.78 is 1.84. The van der Waals surface area contributed by atoms with Gasteiger partial charge in [-0.1, -0.05) is 0 Å². The molecule has 2 aromatic heterocycles. The van der Waals surface area contributed by atoms with Gasteiger partial charge in [0.05, 0.1) is 29.7 Å². The second-order valence-electron chi connectivity index (χ2n) is 6.36. The smallest absolute Gasteiger partial charge is 0.225 e. The summed E-state index contributed by atoms with van der Waals surface area (Å²) in [5, 5.41) is 16.5. The van der Waals surface area contributed by atoms with E-state index in [-0.39, 0.29) is 18.0 Å². The summed E-state index contributed by atoms with van der Waals surface area (Å²) in [6, 6.07) is 7.77. The first kappa shape index (κ1) is 14.7. The van der Waals surface area contributed by atoms with Gasteiger partial charge >= 0.3 is 0 Å². The first-order valence-corrected chi connectivity index (χ1v) is 8.09. The van der Waals surface area contributed by atoms with Gasteiger partial charge in [0.1, 0.15) is 11.8 Å². The largest absolute Gasteiger partial charge is 0.378 e. The van der Waals surface area contributed by atoms with Crippen molar-refractivity contribution in [3.8, 4) is 6.07 Å². The minimum absolute atomic E-state index is 0.0341. The number of carbonyl (C=O) groups excluding carboxylic acids is 1. The highest BCUT2D eigenvalue weighted by Gasteiger charge is 2.48. The van der Waals surface area contributed by atoms with Gasteiger partial charge in [-0.3, -0.25) is 9.48 Å². The van der Waals surface area contributed by atoms with E-state index in [9.17, 15) is 4.79 Å². The van der Waals surface area contributed by atoms with E-state index in [1.54, 1.807) is 18.5 Å². The summed E-state index contributed by atoms with van der Waals surface area (Å²) in [6.07, 6.45) is 6.01. The molecule has 24 heavy (non-hydrogen) atoms. The average Bonchev–Trinajstić information content (AvgIpc) is 3.25. The Morgan fingerprint density at radius 2 is 2.17 bits per heavy atom. The van der Waals surface area contributed by atoms with E-state index < -0.39 is 0 Å². The summed E-state index contributed by atoms with van der Waals surface area (Å²) in [4.78, 5) is 18.7. The van der Waals surface area contributed by atoms with E-state index in [1.807, 2.05) is 34.8 Å². The molecule has 1 aliphatic heterocycles. The number of pyridine rings is 1. The Balaban J connectivity index is 1.63. The first-order chi connectivity index (χ1) is 11.7. The van der Waals surface area contributed by atoms with Crippen LogP contribution in [-0.2, 0) is 11.8 Å². The van der Waals surface area contributed by atoms with Crippen molar-refractivity contribution in [1.29, 1.82) is 5.26 Å². The van der Waals surface area contributed by atoms with Crippen LogP contribution in [0.2, 0.25) is 0 Å². The number of aryl methyl sites for hydroxylation is 1. The molecule has 4 rings (SSSR count). The predicted octanol–water partition coefficient (Wildman–Crippen LogP) is 1.60. The molecule has 0 aromatic carbocycles. The van der Waals surface area contributed by atoms with E-state index in [1.165, 1.54) is 0 Å². The molecule has 1 aliphatic carbocycles. The summed E-state index contributed by atoms with van der Waals surface area (Å²) in [5.74, 6) is 0.183. The Morgan fingerprint density at radius 3 is 2.75 bits per heavy atom.